The van der Waals surface area contributed by atoms with Gasteiger partial charge in [0.05, 0.1) is 36.9 Å². The topological polar surface area (TPSA) is 83.2 Å². The van der Waals surface area contributed by atoms with Crippen molar-refractivity contribution in [3.63, 3.8) is 0 Å². The molecule has 0 aliphatic carbocycles. The number of alkyl halides is 6. The molecule has 1 aliphatic rings. The quantitative estimate of drug-likeness (QED) is 0.493. The molecular weight excluding hydrogens is 482 g/mol. The third kappa shape index (κ3) is 6.10. The Hall–Kier alpha value is -3.16. The lowest BCUT2D eigenvalue weighted by Gasteiger charge is -2.40. The largest absolute Gasteiger partial charge is 0.416 e. The van der Waals surface area contributed by atoms with Crippen molar-refractivity contribution in [2.45, 2.75) is 37.8 Å². The number of hydrogen-bond donors (Lipinski definition) is 2. The van der Waals surface area contributed by atoms with E-state index in [4.69, 9.17) is 9.47 Å². The van der Waals surface area contributed by atoms with E-state index >= 15 is 0 Å². The number of benzene rings is 2. The standard InChI is InChI=1S/C22H20F6N4O3/c23-21(24,25)15-8-13(9-16(10-15)22(26,27)28)12-35-19-18(14-4-2-1-3-5-14)32(6-7-34-19)11-17-29-20(33)31-30-17/h1-5,8-10,18-19H,6-7,11-12H2,(H2,29,30,31,33)/t18-,19-/m0/s1. The van der Waals surface area contributed by atoms with Gasteiger partial charge in [0.25, 0.3) is 0 Å². The lowest BCUT2D eigenvalue weighted by molar-refractivity contribution is -0.218. The van der Waals surface area contributed by atoms with Crippen LogP contribution in [0, 0.1) is 0 Å². The third-order valence-electron chi connectivity index (χ3n) is 5.42. The zero-order chi connectivity index (χ0) is 25.2. The minimum Gasteiger partial charge on any atom is -0.349 e. The summed E-state index contributed by atoms with van der Waals surface area (Å²) in [5, 5.41) is 6.16. The molecule has 0 unspecified atom stereocenters. The minimum absolute atomic E-state index is 0.0692. The number of nitrogens with one attached hydrogen (secondary N) is 2. The fourth-order valence-electron chi connectivity index (χ4n) is 3.88. The molecule has 0 saturated carbocycles. The Balaban J connectivity index is 1.60. The summed E-state index contributed by atoms with van der Waals surface area (Å²) in [4.78, 5) is 15.8. The number of nitrogens with zero attached hydrogens (tertiary/aromatic N) is 2. The summed E-state index contributed by atoms with van der Waals surface area (Å²) >= 11 is 0. The molecule has 13 heteroatoms. The van der Waals surface area contributed by atoms with Crippen molar-refractivity contribution in [3.05, 3.63) is 87.1 Å². The monoisotopic (exact) mass is 502 g/mol. The summed E-state index contributed by atoms with van der Waals surface area (Å²) in [5.41, 5.74) is -2.87. The first kappa shape index (κ1) is 24.9. The highest BCUT2D eigenvalue weighted by Gasteiger charge is 2.38. The lowest BCUT2D eigenvalue weighted by atomic mass is 10.0. The molecule has 1 fully saturated rings. The van der Waals surface area contributed by atoms with Crippen LogP contribution < -0.4 is 5.69 Å². The van der Waals surface area contributed by atoms with Gasteiger partial charge < -0.3 is 9.47 Å². The normalized spacial score (nSPS) is 19.7. The molecule has 35 heavy (non-hydrogen) atoms. The molecule has 2 aromatic carbocycles. The molecule has 1 aromatic heterocycles. The Morgan fingerprint density at radius 1 is 1.03 bits per heavy atom. The van der Waals surface area contributed by atoms with Gasteiger partial charge in [0, 0.05) is 6.54 Å². The van der Waals surface area contributed by atoms with E-state index in [-0.39, 0.29) is 24.8 Å². The molecule has 1 aliphatic heterocycles. The van der Waals surface area contributed by atoms with E-state index in [0.29, 0.717) is 24.5 Å². The summed E-state index contributed by atoms with van der Waals surface area (Å²) in [6.07, 6.45) is -10.9. The second-order valence-corrected chi connectivity index (χ2v) is 7.91. The Morgan fingerprint density at radius 2 is 1.69 bits per heavy atom. The van der Waals surface area contributed by atoms with E-state index in [1.54, 1.807) is 30.3 Å². The van der Waals surface area contributed by atoms with Crippen molar-refractivity contribution in [2.24, 2.45) is 0 Å². The van der Waals surface area contributed by atoms with Crippen LogP contribution >= 0.6 is 0 Å². The molecule has 4 rings (SSSR count). The average Bonchev–Trinajstić information content (AvgIpc) is 3.21. The maximum atomic E-state index is 13.2. The van der Waals surface area contributed by atoms with Crippen LogP contribution in [0.1, 0.15) is 34.1 Å². The number of hydrogen-bond acceptors (Lipinski definition) is 5. The van der Waals surface area contributed by atoms with Gasteiger partial charge in [0.15, 0.2) is 6.29 Å². The fraction of sp³-hybridized carbons (Fsp3) is 0.364. The van der Waals surface area contributed by atoms with E-state index in [9.17, 15) is 31.1 Å². The maximum absolute atomic E-state index is 13.2. The van der Waals surface area contributed by atoms with E-state index in [2.05, 4.69) is 15.2 Å². The van der Waals surface area contributed by atoms with Crippen molar-refractivity contribution in [3.8, 4) is 0 Å². The number of rotatable bonds is 6. The Morgan fingerprint density at radius 3 is 2.26 bits per heavy atom. The summed E-state index contributed by atoms with van der Waals surface area (Å²) in [6.45, 7) is 0.243. The Labute approximate surface area is 194 Å². The van der Waals surface area contributed by atoms with E-state index < -0.39 is 48.1 Å². The molecule has 7 nitrogen and oxygen atoms in total. The zero-order valence-corrected chi connectivity index (χ0v) is 18.0. The van der Waals surface area contributed by atoms with Gasteiger partial charge in [0.2, 0.25) is 0 Å². The molecule has 1 saturated heterocycles. The highest BCUT2D eigenvalue weighted by Crippen LogP contribution is 2.37. The number of aromatic nitrogens is 3. The van der Waals surface area contributed by atoms with Crippen LogP contribution in [0.2, 0.25) is 0 Å². The van der Waals surface area contributed by atoms with Crippen LogP contribution in [0.5, 0.6) is 0 Å². The van der Waals surface area contributed by atoms with Gasteiger partial charge in [-0.25, -0.2) is 9.89 Å². The van der Waals surface area contributed by atoms with Gasteiger partial charge in [-0.3, -0.25) is 9.88 Å². The second kappa shape index (κ2) is 9.84. The third-order valence-corrected chi connectivity index (χ3v) is 5.42. The van der Waals surface area contributed by atoms with Crippen molar-refractivity contribution in [2.75, 3.05) is 13.2 Å². The minimum atomic E-state index is -4.96. The molecule has 2 atom stereocenters. The smallest absolute Gasteiger partial charge is 0.349 e. The molecule has 0 spiro atoms. The van der Waals surface area contributed by atoms with Crippen LogP contribution in [0.4, 0.5) is 26.3 Å². The SMILES string of the molecule is O=c1[nH]nc(CN2CCO[C@@H](OCc3cc(C(F)(F)F)cc(C(F)(F)F)c3)[C@@H]2c2ccccc2)[nH]1. The zero-order valence-electron chi connectivity index (χ0n) is 18.0. The van der Waals surface area contributed by atoms with Crippen LogP contribution in [-0.4, -0.2) is 39.5 Å². The first-order valence-electron chi connectivity index (χ1n) is 10.4. The molecule has 0 radical (unpaired) electrons. The fourth-order valence-corrected chi connectivity index (χ4v) is 3.88. The van der Waals surface area contributed by atoms with Crippen LogP contribution in [0.25, 0.3) is 0 Å². The highest BCUT2D eigenvalue weighted by atomic mass is 19.4. The van der Waals surface area contributed by atoms with Crippen LogP contribution in [0.15, 0.2) is 53.3 Å². The molecule has 0 bridgehead atoms. The summed E-state index contributed by atoms with van der Waals surface area (Å²) in [7, 11) is 0. The Kier molecular flexibility index (Phi) is 7.01. The van der Waals surface area contributed by atoms with E-state index in [0.717, 1.165) is 5.56 Å². The first-order valence-corrected chi connectivity index (χ1v) is 10.4. The van der Waals surface area contributed by atoms with Crippen molar-refractivity contribution < 1.29 is 35.8 Å². The molecule has 3 aromatic rings. The molecule has 0 amide bonds. The van der Waals surface area contributed by atoms with Gasteiger partial charge in [-0.1, -0.05) is 30.3 Å². The van der Waals surface area contributed by atoms with E-state index in [1.165, 1.54) is 0 Å². The van der Waals surface area contributed by atoms with Crippen molar-refractivity contribution in [1.29, 1.82) is 0 Å². The lowest BCUT2D eigenvalue weighted by Crippen LogP contribution is -2.46. The van der Waals surface area contributed by atoms with Crippen molar-refractivity contribution in [1.82, 2.24) is 20.1 Å². The number of halogens is 6. The first-order chi connectivity index (χ1) is 16.5. The van der Waals surface area contributed by atoms with Gasteiger partial charge >= 0.3 is 18.0 Å². The molecule has 188 valence electrons. The maximum Gasteiger partial charge on any atom is 0.416 e. The van der Waals surface area contributed by atoms with Crippen LogP contribution in [0.3, 0.4) is 0 Å². The van der Waals surface area contributed by atoms with Gasteiger partial charge in [-0.05, 0) is 29.3 Å². The van der Waals surface area contributed by atoms with Gasteiger partial charge in [0.1, 0.15) is 5.82 Å². The molecule has 2 heterocycles. The van der Waals surface area contributed by atoms with Crippen LogP contribution in [-0.2, 0) is 35.0 Å². The number of aromatic amines is 2. The number of ether oxygens (including phenoxy) is 2. The predicted octanol–water partition coefficient (Wildman–Crippen LogP) is 4.25. The highest BCUT2D eigenvalue weighted by molar-refractivity contribution is 5.33. The van der Waals surface area contributed by atoms with Gasteiger partial charge in [-0.15, -0.1) is 0 Å². The van der Waals surface area contributed by atoms with E-state index in [1.807, 2.05) is 4.90 Å². The summed E-state index contributed by atoms with van der Waals surface area (Å²) in [5.74, 6) is 0.351. The van der Waals surface area contributed by atoms with Crippen molar-refractivity contribution >= 4 is 0 Å². The average molecular weight is 502 g/mol. The predicted molar refractivity (Wildman–Crippen MR) is 110 cm³/mol. The number of morpholine rings is 1. The second-order valence-electron chi connectivity index (χ2n) is 7.91. The molecular formula is C22H20F6N4O3. The van der Waals surface area contributed by atoms with Gasteiger partial charge in [-0.2, -0.15) is 31.4 Å². The Bertz CT molecular complexity index is 1160. The number of H-pyrrole nitrogens is 2. The molecule has 2 N–H and O–H groups in total. The summed E-state index contributed by atoms with van der Waals surface area (Å²) in [6, 6.07) is 9.68. The summed E-state index contributed by atoms with van der Waals surface area (Å²) < 4.78 is 90.7.